The first kappa shape index (κ1) is 13.1. The van der Waals surface area contributed by atoms with Gasteiger partial charge >= 0.3 is 6.18 Å². The van der Waals surface area contributed by atoms with E-state index in [1.165, 1.54) is 18.2 Å². The van der Waals surface area contributed by atoms with Gasteiger partial charge in [0.1, 0.15) is 5.69 Å². The van der Waals surface area contributed by atoms with Gasteiger partial charge in [-0.1, -0.05) is 12.1 Å². The maximum Gasteiger partial charge on any atom is 0.433 e. The monoisotopic (exact) mass is 272 g/mol. The van der Waals surface area contributed by atoms with Crippen LogP contribution in [0.25, 0.3) is 0 Å². The van der Waals surface area contributed by atoms with Crippen LogP contribution in [0.3, 0.4) is 0 Å². The number of hydrogen-bond acceptors (Lipinski definition) is 3. The summed E-state index contributed by atoms with van der Waals surface area (Å²) in [6, 6.07) is 5.95. The number of halogens is 4. The van der Waals surface area contributed by atoms with E-state index in [1.54, 1.807) is 0 Å². The van der Waals surface area contributed by atoms with Gasteiger partial charge in [-0.3, -0.25) is 0 Å². The summed E-state index contributed by atoms with van der Waals surface area (Å²) >= 11 is 0. The highest BCUT2D eigenvalue weighted by molar-refractivity contribution is 5.53. The average molecular weight is 272 g/mol. The number of anilines is 1. The van der Waals surface area contributed by atoms with Crippen LogP contribution in [0.1, 0.15) is 5.69 Å². The molecule has 0 amide bonds. The summed E-state index contributed by atoms with van der Waals surface area (Å²) < 4.78 is 55.8. The van der Waals surface area contributed by atoms with Gasteiger partial charge in [0.25, 0.3) is 0 Å². The molecule has 2 rings (SSSR count). The van der Waals surface area contributed by atoms with Crippen molar-refractivity contribution in [1.82, 2.24) is 4.98 Å². The molecule has 19 heavy (non-hydrogen) atoms. The minimum Gasteiger partial charge on any atom is -0.452 e. The third kappa shape index (κ3) is 2.93. The van der Waals surface area contributed by atoms with Gasteiger partial charge in [0.2, 0.25) is 0 Å². The van der Waals surface area contributed by atoms with Crippen LogP contribution in [0.2, 0.25) is 0 Å². The lowest BCUT2D eigenvalue weighted by atomic mass is 10.3. The number of pyridine rings is 1. The standard InChI is InChI=1S/C12H8F4N2O/c13-7-3-1-2-4-9(7)19-10-5-11(12(14,15)16)18-6-8(10)17/h1-6H,17H2. The highest BCUT2D eigenvalue weighted by atomic mass is 19.4. The Balaban J connectivity index is 2.38. The van der Waals surface area contributed by atoms with Crippen molar-refractivity contribution in [3.8, 4) is 11.5 Å². The lowest BCUT2D eigenvalue weighted by molar-refractivity contribution is -0.141. The zero-order valence-electron chi connectivity index (χ0n) is 9.41. The maximum atomic E-state index is 13.3. The highest BCUT2D eigenvalue weighted by Crippen LogP contribution is 2.34. The SMILES string of the molecule is Nc1cnc(C(F)(F)F)cc1Oc1ccccc1F. The summed E-state index contributed by atoms with van der Waals surface area (Å²) in [5, 5.41) is 0. The van der Waals surface area contributed by atoms with E-state index in [2.05, 4.69) is 4.98 Å². The molecular formula is C12H8F4N2O. The van der Waals surface area contributed by atoms with Gasteiger partial charge in [-0.2, -0.15) is 13.2 Å². The molecule has 1 aromatic carbocycles. The zero-order chi connectivity index (χ0) is 14.0. The number of aromatic nitrogens is 1. The minimum atomic E-state index is -4.62. The Bertz CT molecular complexity index is 599. The van der Waals surface area contributed by atoms with Crippen LogP contribution in [0.15, 0.2) is 36.5 Å². The Hall–Kier alpha value is -2.31. The minimum absolute atomic E-state index is 0.115. The molecule has 7 heteroatoms. The first-order valence-electron chi connectivity index (χ1n) is 5.13. The maximum absolute atomic E-state index is 13.3. The molecule has 2 aromatic rings. The van der Waals surface area contributed by atoms with E-state index in [0.29, 0.717) is 6.07 Å². The van der Waals surface area contributed by atoms with Crippen molar-refractivity contribution >= 4 is 5.69 Å². The average Bonchev–Trinajstić information content (AvgIpc) is 2.33. The van der Waals surface area contributed by atoms with Gasteiger partial charge < -0.3 is 10.5 Å². The molecule has 0 aliphatic rings. The van der Waals surface area contributed by atoms with Crippen LogP contribution in [0.5, 0.6) is 11.5 Å². The Labute approximate surface area is 105 Å². The number of nitrogens with zero attached hydrogens (tertiary/aromatic N) is 1. The summed E-state index contributed by atoms with van der Waals surface area (Å²) in [7, 11) is 0. The summed E-state index contributed by atoms with van der Waals surface area (Å²) in [4.78, 5) is 3.15. The quantitative estimate of drug-likeness (QED) is 0.849. The first-order chi connectivity index (χ1) is 8.88. The fraction of sp³-hybridized carbons (Fsp3) is 0.0833. The van der Waals surface area contributed by atoms with Crippen molar-refractivity contribution in [2.75, 3.05) is 5.73 Å². The fourth-order valence-corrected chi connectivity index (χ4v) is 1.34. The second kappa shape index (κ2) is 4.75. The molecule has 1 aromatic heterocycles. The van der Waals surface area contributed by atoms with E-state index in [-0.39, 0.29) is 17.2 Å². The second-order valence-electron chi connectivity index (χ2n) is 3.64. The lowest BCUT2D eigenvalue weighted by Crippen LogP contribution is -2.08. The zero-order valence-corrected chi connectivity index (χ0v) is 9.41. The van der Waals surface area contributed by atoms with Crippen LogP contribution in [0, 0.1) is 5.82 Å². The molecule has 3 nitrogen and oxygen atoms in total. The molecule has 1 heterocycles. The molecule has 2 N–H and O–H groups in total. The van der Waals surface area contributed by atoms with E-state index in [9.17, 15) is 17.6 Å². The predicted octanol–water partition coefficient (Wildman–Crippen LogP) is 3.61. The van der Waals surface area contributed by atoms with Crippen molar-refractivity contribution in [1.29, 1.82) is 0 Å². The number of rotatable bonds is 2. The smallest absolute Gasteiger partial charge is 0.433 e. The van der Waals surface area contributed by atoms with Crippen molar-refractivity contribution in [2.24, 2.45) is 0 Å². The molecule has 0 atom stereocenters. The van der Waals surface area contributed by atoms with Crippen LogP contribution in [0.4, 0.5) is 23.2 Å². The molecule has 0 bridgehead atoms. The van der Waals surface area contributed by atoms with Crippen molar-refractivity contribution in [3.63, 3.8) is 0 Å². The van der Waals surface area contributed by atoms with Crippen LogP contribution in [-0.2, 0) is 6.18 Å². The van der Waals surface area contributed by atoms with Crippen LogP contribution in [-0.4, -0.2) is 4.98 Å². The second-order valence-corrected chi connectivity index (χ2v) is 3.64. The fourth-order valence-electron chi connectivity index (χ4n) is 1.34. The predicted molar refractivity (Wildman–Crippen MR) is 60.1 cm³/mol. The summed E-state index contributed by atoms with van der Waals surface area (Å²) in [5.41, 5.74) is 4.18. The molecule has 0 fully saturated rings. The Morgan fingerprint density at radius 3 is 2.42 bits per heavy atom. The third-order valence-electron chi connectivity index (χ3n) is 2.24. The Morgan fingerprint density at radius 1 is 1.11 bits per heavy atom. The number of hydrogen-bond donors (Lipinski definition) is 1. The van der Waals surface area contributed by atoms with E-state index in [0.717, 1.165) is 12.3 Å². The highest BCUT2D eigenvalue weighted by Gasteiger charge is 2.33. The summed E-state index contributed by atoms with van der Waals surface area (Å²) in [6.07, 6.45) is -3.81. The third-order valence-corrected chi connectivity index (χ3v) is 2.24. The number of benzene rings is 1. The molecule has 0 aliphatic carbocycles. The van der Waals surface area contributed by atoms with Gasteiger partial charge in [0.05, 0.1) is 11.9 Å². The van der Waals surface area contributed by atoms with Crippen LogP contribution < -0.4 is 10.5 Å². The van der Waals surface area contributed by atoms with Crippen LogP contribution >= 0.6 is 0 Å². The molecule has 0 saturated heterocycles. The van der Waals surface area contributed by atoms with Crippen molar-refractivity contribution < 1.29 is 22.3 Å². The Morgan fingerprint density at radius 2 is 1.79 bits per heavy atom. The van der Waals surface area contributed by atoms with E-state index in [1.807, 2.05) is 0 Å². The normalized spacial score (nSPS) is 11.4. The van der Waals surface area contributed by atoms with E-state index >= 15 is 0 Å². The summed E-state index contributed by atoms with van der Waals surface area (Å²) in [5.74, 6) is -1.21. The molecular weight excluding hydrogens is 264 g/mol. The molecule has 0 spiro atoms. The van der Waals surface area contributed by atoms with Gasteiger partial charge in [-0.05, 0) is 12.1 Å². The Kier molecular flexibility index (Phi) is 3.28. The van der Waals surface area contributed by atoms with E-state index in [4.69, 9.17) is 10.5 Å². The van der Waals surface area contributed by atoms with Gasteiger partial charge in [-0.15, -0.1) is 0 Å². The number of para-hydroxylation sites is 1. The molecule has 100 valence electrons. The number of alkyl halides is 3. The van der Waals surface area contributed by atoms with Crippen molar-refractivity contribution in [2.45, 2.75) is 6.18 Å². The van der Waals surface area contributed by atoms with Crippen molar-refractivity contribution in [3.05, 3.63) is 48.0 Å². The van der Waals surface area contributed by atoms with Gasteiger partial charge in [0, 0.05) is 6.07 Å². The topological polar surface area (TPSA) is 48.1 Å². The van der Waals surface area contributed by atoms with E-state index < -0.39 is 17.7 Å². The number of nitrogen functional groups attached to an aromatic ring is 1. The molecule has 0 saturated carbocycles. The molecule has 0 unspecified atom stereocenters. The molecule has 0 radical (unpaired) electrons. The largest absolute Gasteiger partial charge is 0.452 e. The lowest BCUT2D eigenvalue weighted by Gasteiger charge is -2.11. The van der Waals surface area contributed by atoms with Gasteiger partial charge in [-0.25, -0.2) is 9.37 Å². The van der Waals surface area contributed by atoms with Gasteiger partial charge in [0.15, 0.2) is 17.3 Å². The summed E-state index contributed by atoms with van der Waals surface area (Å²) in [6.45, 7) is 0. The first-order valence-corrected chi connectivity index (χ1v) is 5.13. The number of nitrogens with two attached hydrogens (primary N) is 1. The number of ether oxygens (including phenoxy) is 1. The molecule has 0 aliphatic heterocycles.